The van der Waals surface area contributed by atoms with Crippen LogP contribution in [0.2, 0.25) is 0 Å². The zero-order valence-corrected chi connectivity index (χ0v) is 13.3. The summed E-state index contributed by atoms with van der Waals surface area (Å²) in [4.78, 5) is 13.9. The number of ether oxygens (including phenoxy) is 1. The molecule has 0 spiro atoms. The first-order chi connectivity index (χ1) is 10.1. The number of hydrogen-bond acceptors (Lipinski definition) is 3. The standard InChI is InChI=1S/C17H26N2O2/c1-4-19(5-2)17(20)12-14-6-8-15(9-7-14)18-16-10-11-21-13(16)3/h6-9,13,16,18H,4-5,10-12H2,1-3H3/t13-,16+/m0/s1. The van der Waals surface area contributed by atoms with Gasteiger partial charge >= 0.3 is 0 Å². The van der Waals surface area contributed by atoms with E-state index in [2.05, 4.69) is 24.4 Å². The second kappa shape index (κ2) is 7.46. The van der Waals surface area contributed by atoms with Gasteiger partial charge in [-0.25, -0.2) is 0 Å². The van der Waals surface area contributed by atoms with E-state index in [9.17, 15) is 4.79 Å². The molecule has 0 aromatic heterocycles. The SMILES string of the molecule is CCN(CC)C(=O)Cc1ccc(N[C@@H]2CCO[C@H]2C)cc1. The quantitative estimate of drug-likeness (QED) is 0.876. The van der Waals surface area contributed by atoms with Gasteiger partial charge in [-0.15, -0.1) is 0 Å². The van der Waals surface area contributed by atoms with Gasteiger partial charge in [-0.3, -0.25) is 4.79 Å². The van der Waals surface area contributed by atoms with Gasteiger partial charge in [0.25, 0.3) is 0 Å². The molecule has 21 heavy (non-hydrogen) atoms. The van der Waals surface area contributed by atoms with E-state index in [4.69, 9.17) is 4.74 Å². The van der Waals surface area contributed by atoms with Crippen LogP contribution in [0.4, 0.5) is 5.69 Å². The van der Waals surface area contributed by atoms with E-state index in [0.29, 0.717) is 12.5 Å². The lowest BCUT2D eigenvalue weighted by molar-refractivity contribution is -0.130. The van der Waals surface area contributed by atoms with Crippen LogP contribution >= 0.6 is 0 Å². The topological polar surface area (TPSA) is 41.6 Å². The first kappa shape index (κ1) is 15.8. The molecule has 1 aliphatic rings. The smallest absolute Gasteiger partial charge is 0.226 e. The highest BCUT2D eigenvalue weighted by Gasteiger charge is 2.23. The molecule has 1 N–H and O–H groups in total. The fourth-order valence-electron chi connectivity index (χ4n) is 2.72. The number of benzene rings is 1. The highest BCUT2D eigenvalue weighted by atomic mass is 16.5. The second-order valence-electron chi connectivity index (χ2n) is 5.56. The van der Waals surface area contributed by atoms with Gasteiger partial charge in [0.2, 0.25) is 5.91 Å². The fourth-order valence-corrected chi connectivity index (χ4v) is 2.72. The Morgan fingerprint density at radius 3 is 2.48 bits per heavy atom. The zero-order chi connectivity index (χ0) is 15.2. The summed E-state index contributed by atoms with van der Waals surface area (Å²) in [6.07, 6.45) is 1.78. The minimum absolute atomic E-state index is 0.193. The van der Waals surface area contributed by atoms with Crippen molar-refractivity contribution in [2.24, 2.45) is 0 Å². The van der Waals surface area contributed by atoms with Crippen molar-refractivity contribution in [1.29, 1.82) is 0 Å². The number of nitrogens with one attached hydrogen (secondary N) is 1. The number of hydrogen-bond donors (Lipinski definition) is 1. The lowest BCUT2D eigenvalue weighted by atomic mass is 10.1. The van der Waals surface area contributed by atoms with Crippen molar-refractivity contribution >= 4 is 11.6 Å². The summed E-state index contributed by atoms with van der Waals surface area (Å²) in [5, 5.41) is 3.50. The molecule has 0 unspecified atom stereocenters. The Balaban J connectivity index is 1.91. The van der Waals surface area contributed by atoms with Crippen LogP contribution < -0.4 is 5.32 Å². The van der Waals surface area contributed by atoms with Gasteiger partial charge in [-0.2, -0.15) is 0 Å². The molecule has 2 rings (SSSR count). The molecule has 1 aromatic carbocycles. The largest absolute Gasteiger partial charge is 0.380 e. The van der Waals surface area contributed by atoms with Crippen LogP contribution in [0, 0.1) is 0 Å². The van der Waals surface area contributed by atoms with E-state index in [1.807, 2.05) is 30.9 Å². The number of carbonyl (C=O) groups is 1. The molecule has 0 bridgehead atoms. The summed E-state index contributed by atoms with van der Waals surface area (Å²) in [6, 6.07) is 8.55. The third kappa shape index (κ3) is 4.21. The normalized spacial score (nSPS) is 21.3. The average Bonchev–Trinajstić information content (AvgIpc) is 2.88. The van der Waals surface area contributed by atoms with E-state index in [-0.39, 0.29) is 12.0 Å². The zero-order valence-electron chi connectivity index (χ0n) is 13.3. The maximum absolute atomic E-state index is 12.1. The Hall–Kier alpha value is -1.55. The van der Waals surface area contributed by atoms with Gasteiger partial charge in [-0.05, 0) is 44.9 Å². The Kier molecular flexibility index (Phi) is 5.62. The Morgan fingerprint density at radius 2 is 1.95 bits per heavy atom. The monoisotopic (exact) mass is 290 g/mol. The van der Waals surface area contributed by atoms with Crippen molar-refractivity contribution in [3.63, 3.8) is 0 Å². The molecule has 1 fully saturated rings. The molecule has 0 saturated carbocycles. The summed E-state index contributed by atoms with van der Waals surface area (Å²) in [6.45, 7) is 8.50. The molecule has 1 saturated heterocycles. The molecule has 4 nitrogen and oxygen atoms in total. The molecule has 2 atom stereocenters. The van der Waals surface area contributed by atoms with Gasteiger partial charge in [0.05, 0.1) is 18.6 Å². The van der Waals surface area contributed by atoms with Crippen molar-refractivity contribution in [2.75, 3.05) is 25.0 Å². The van der Waals surface area contributed by atoms with Crippen molar-refractivity contribution in [2.45, 2.75) is 45.8 Å². The second-order valence-corrected chi connectivity index (χ2v) is 5.56. The van der Waals surface area contributed by atoms with Crippen LogP contribution in [0.25, 0.3) is 0 Å². The van der Waals surface area contributed by atoms with E-state index in [1.165, 1.54) is 0 Å². The highest BCUT2D eigenvalue weighted by Crippen LogP contribution is 2.19. The van der Waals surface area contributed by atoms with Gasteiger partial charge in [0.15, 0.2) is 0 Å². The van der Waals surface area contributed by atoms with Gasteiger partial charge in [0.1, 0.15) is 0 Å². The Labute approximate surface area is 127 Å². The van der Waals surface area contributed by atoms with Gasteiger partial charge < -0.3 is 15.0 Å². The minimum Gasteiger partial charge on any atom is -0.380 e. The van der Waals surface area contributed by atoms with Crippen LogP contribution in [0.15, 0.2) is 24.3 Å². The fraction of sp³-hybridized carbons (Fsp3) is 0.588. The molecule has 0 aliphatic carbocycles. The Bertz CT molecular complexity index is 454. The number of carbonyl (C=O) groups excluding carboxylic acids is 1. The molecule has 0 radical (unpaired) electrons. The predicted octanol–water partition coefficient (Wildman–Crippen LogP) is 2.69. The summed E-state index contributed by atoms with van der Waals surface area (Å²) in [5.74, 6) is 0.193. The van der Waals surface area contributed by atoms with Crippen LogP contribution in [0.3, 0.4) is 0 Å². The number of nitrogens with zero attached hydrogens (tertiary/aromatic N) is 1. The Morgan fingerprint density at radius 1 is 1.29 bits per heavy atom. The van der Waals surface area contributed by atoms with Crippen LogP contribution in [-0.4, -0.2) is 42.6 Å². The third-order valence-electron chi connectivity index (χ3n) is 4.15. The number of rotatable bonds is 6. The summed E-state index contributed by atoms with van der Waals surface area (Å²) in [5.41, 5.74) is 2.16. The van der Waals surface area contributed by atoms with E-state index in [0.717, 1.165) is 37.4 Å². The highest BCUT2D eigenvalue weighted by molar-refractivity contribution is 5.78. The average molecular weight is 290 g/mol. The lowest BCUT2D eigenvalue weighted by Crippen LogP contribution is -2.31. The van der Waals surface area contributed by atoms with Crippen molar-refractivity contribution < 1.29 is 9.53 Å². The molecule has 1 aliphatic heterocycles. The van der Waals surface area contributed by atoms with Crippen LogP contribution in [0.1, 0.15) is 32.8 Å². The van der Waals surface area contributed by atoms with E-state index in [1.54, 1.807) is 0 Å². The third-order valence-corrected chi connectivity index (χ3v) is 4.15. The molecule has 1 heterocycles. The number of likely N-dealkylation sites (N-methyl/N-ethyl adjacent to an activating group) is 1. The molecule has 1 aromatic rings. The molecule has 116 valence electrons. The molecular weight excluding hydrogens is 264 g/mol. The van der Waals surface area contributed by atoms with Crippen molar-refractivity contribution in [1.82, 2.24) is 4.90 Å². The molecule has 1 amide bonds. The molecular formula is C17H26N2O2. The van der Waals surface area contributed by atoms with E-state index >= 15 is 0 Å². The maximum atomic E-state index is 12.1. The van der Waals surface area contributed by atoms with Crippen molar-refractivity contribution in [3.8, 4) is 0 Å². The van der Waals surface area contributed by atoms with Gasteiger partial charge in [-0.1, -0.05) is 12.1 Å². The number of amides is 1. The predicted molar refractivity (Wildman–Crippen MR) is 85.5 cm³/mol. The first-order valence-electron chi connectivity index (χ1n) is 7.88. The van der Waals surface area contributed by atoms with Crippen LogP contribution in [0.5, 0.6) is 0 Å². The lowest BCUT2D eigenvalue weighted by Gasteiger charge is -2.19. The molecule has 4 heteroatoms. The summed E-state index contributed by atoms with van der Waals surface area (Å²) < 4.78 is 5.55. The van der Waals surface area contributed by atoms with Gasteiger partial charge in [0, 0.05) is 25.4 Å². The first-order valence-corrected chi connectivity index (χ1v) is 7.88. The summed E-state index contributed by atoms with van der Waals surface area (Å²) >= 11 is 0. The number of anilines is 1. The minimum atomic E-state index is 0.193. The van der Waals surface area contributed by atoms with E-state index < -0.39 is 0 Å². The van der Waals surface area contributed by atoms with Crippen molar-refractivity contribution in [3.05, 3.63) is 29.8 Å². The summed E-state index contributed by atoms with van der Waals surface area (Å²) in [7, 11) is 0. The van der Waals surface area contributed by atoms with Crippen LogP contribution in [-0.2, 0) is 16.0 Å². The maximum Gasteiger partial charge on any atom is 0.226 e.